The molecule has 1 rings (SSSR count). The summed E-state index contributed by atoms with van der Waals surface area (Å²) in [6.07, 6.45) is -2.17. The summed E-state index contributed by atoms with van der Waals surface area (Å²) < 4.78 is 23.5. The van der Waals surface area contributed by atoms with E-state index in [0.29, 0.717) is 6.42 Å². The monoisotopic (exact) mass is 224 g/mol. The normalized spacial score (nSPS) is 22.4. The van der Waals surface area contributed by atoms with Crippen molar-refractivity contribution in [1.82, 2.24) is 10.6 Å². The summed E-state index contributed by atoms with van der Waals surface area (Å²) in [7, 11) is 0. The average molecular weight is 224 g/mol. The largest absolute Gasteiger partial charge is 0.350 e. The van der Waals surface area contributed by atoms with E-state index in [0.717, 1.165) is 18.1 Å². The van der Waals surface area contributed by atoms with Crippen molar-refractivity contribution in [3.05, 3.63) is 0 Å². The van der Waals surface area contributed by atoms with Crippen LogP contribution in [0.25, 0.3) is 0 Å². The highest BCUT2D eigenvalue weighted by atomic mass is 32.2. The van der Waals surface area contributed by atoms with E-state index in [2.05, 4.69) is 10.6 Å². The Morgan fingerprint density at radius 2 is 2.43 bits per heavy atom. The summed E-state index contributed by atoms with van der Waals surface area (Å²) in [5.74, 6) is 1.63. The van der Waals surface area contributed by atoms with Crippen LogP contribution in [0.1, 0.15) is 6.42 Å². The zero-order valence-corrected chi connectivity index (χ0v) is 8.58. The molecule has 6 heteroatoms. The summed E-state index contributed by atoms with van der Waals surface area (Å²) in [5.41, 5.74) is 0. The molecule has 14 heavy (non-hydrogen) atoms. The molecule has 0 aromatic rings. The number of hydrogen-bond donors (Lipinski definition) is 2. The van der Waals surface area contributed by atoms with Gasteiger partial charge in [-0.15, -0.1) is 0 Å². The second-order valence-corrected chi connectivity index (χ2v) is 4.28. The molecule has 1 fully saturated rings. The number of rotatable bonds is 4. The molecule has 0 bridgehead atoms. The number of nitrogens with one attached hydrogen (secondary N) is 2. The van der Waals surface area contributed by atoms with Gasteiger partial charge in [-0.05, 0) is 0 Å². The van der Waals surface area contributed by atoms with Gasteiger partial charge in [0, 0.05) is 30.5 Å². The van der Waals surface area contributed by atoms with Crippen LogP contribution in [0.4, 0.5) is 8.78 Å². The van der Waals surface area contributed by atoms with Gasteiger partial charge in [-0.25, -0.2) is 8.78 Å². The van der Waals surface area contributed by atoms with Crippen LogP contribution in [0.5, 0.6) is 0 Å². The Morgan fingerprint density at radius 3 is 3.00 bits per heavy atom. The molecule has 1 atom stereocenters. The minimum Gasteiger partial charge on any atom is -0.350 e. The lowest BCUT2D eigenvalue weighted by atomic mass is 10.2. The van der Waals surface area contributed by atoms with Crippen LogP contribution >= 0.6 is 11.8 Å². The number of alkyl halides is 2. The minimum atomic E-state index is -2.47. The third kappa shape index (κ3) is 4.76. The highest BCUT2D eigenvalue weighted by Crippen LogP contribution is 2.09. The van der Waals surface area contributed by atoms with Gasteiger partial charge in [0.2, 0.25) is 5.91 Å². The van der Waals surface area contributed by atoms with Gasteiger partial charge in [0.1, 0.15) is 0 Å². The van der Waals surface area contributed by atoms with Crippen LogP contribution in [0, 0.1) is 0 Å². The van der Waals surface area contributed by atoms with Crippen molar-refractivity contribution >= 4 is 17.7 Å². The Balaban J connectivity index is 2.12. The van der Waals surface area contributed by atoms with E-state index in [4.69, 9.17) is 0 Å². The molecule has 82 valence electrons. The molecule has 0 spiro atoms. The van der Waals surface area contributed by atoms with Crippen LogP contribution in [0.15, 0.2) is 0 Å². The number of carbonyl (C=O) groups excluding carboxylic acids is 1. The van der Waals surface area contributed by atoms with E-state index in [-0.39, 0.29) is 11.9 Å². The van der Waals surface area contributed by atoms with Gasteiger partial charge in [-0.3, -0.25) is 4.79 Å². The number of thioether (sulfide) groups is 1. The molecule has 1 aliphatic heterocycles. The third-order valence-corrected chi connectivity index (χ3v) is 3.01. The molecule has 1 aliphatic rings. The Hall–Kier alpha value is -0.360. The van der Waals surface area contributed by atoms with E-state index in [1.807, 2.05) is 0 Å². The van der Waals surface area contributed by atoms with E-state index >= 15 is 0 Å². The van der Waals surface area contributed by atoms with Crippen molar-refractivity contribution in [1.29, 1.82) is 0 Å². The van der Waals surface area contributed by atoms with E-state index in [1.165, 1.54) is 0 Å². The van der Waals surface area contributed by atoms with Crippen LogP contribution in [0.3, 0.4) is 0 Å². The first-order chi connectivity index (χ1) is 6.68. The summed E-state index contributed by atoms with van der Waals surface area (Å²) in [6.45, 7) is 0.343. The number of halogens is 2. The average Bonchev–Trinajstić information content (AvgIpc) is 2.16. The van der Waals surface area contributed by atoms with Crippen LogP contribution in [-0.2, 0) is 4.79 Å². The highest BCUT2D eigenvalue weighted by molar-refractivity contribution is 7.99. The summed E-state index contributed by atoms with van der Waals surface area (Å²) in [5, 5.41) is 5.36. The van der Waals surface area contributed by atoms with Gasteiger partial charge < -0.3 is 10.6 Å². The predicted molar refractivity (Wildman–Crippen MR) is 52.7 cm³/mol. The summed E-state index contributed by atoms with van der Waals surface area (Å²) >= 11 is 1.78. The zero-order valence-electron chi connectivity index (χ0n) is 7.76. The maximum absolute atomic E-state index is 11.7. The molecule has 0 aliphatic carbocycles. The SMILES string of the molecule is O=C(CC1CSCCN1)NCC(F)F. The fraction of sp³-hybridized carbons (Fsp3) is 0.875. The molecule has 2 N–H and O–H groups in total. The van der Waals surface area contributed by atoms with E-state index in [1.54, 1.807) is 11.8 Å². The summed E-state index contributed by atoms with van der Waals surface area (Å²) in [6, 6.07) is 0.131. The molecule has 0 aromatic heterocycles. The second-order valence-electron chi connectivity index (χ2n) is 3.13. The maximum Gasteiger partial charge on any atom is 0.255 e. The molecular weight excluding hydrogens is 210 g/mol. The topological polar surface area (TPSA) is 41.1 Å². The Morgan fingerprint density at radius 1 is 1.64 bits per heavy atom. The van der Waals surface area contributed by atoms with Crippen molar-refractivity contribution in [2.24, 2.45) is 0 Å². The Labute approximate surface area is 86.0 Å². The fourth-order valence-electron chi connectivity index (χ4n) is 1.24. The first-order valence-electron chi connectivity index (χ1n) is 4.54. The van der Waals surface area contributed by atoms with Gasteiger partial charge in [-0.2, -0.15) is 11.8 Å². The van der Waals surface area contributed by atoms with Crippen molar-refractivity contribution in [3.63, 3.8) is 0 Å². The number of amides is 1. The third-order valence-electron chi connectivity index (χ3n) is 1.88. The number of carbonyl (C=O) groups is 1. The minimum absolute atomic E-state index is 0.131. The lowest BCUT2D eigenvalue weighted by Gasteiger charge is -2.22. The molecule has 1 amide bonds. The molecule has 0 aromatic carbocycles. The van der Waals surface area contributed by atoms with E-state index < -0.39 is 13.0 Å². The molecule has 1 heterocycles. The van der Waals surface area contributed by atoms with Crippen molar-refractivity contribution < 1.29 is 13.6 Å². The quantitative estimate of drug-likeness (QED) is 0.729. The van der Waals surface area contributed by atoms with Gasteiger partial charge in [0.05, 0.1) is 6.54 Å². The Bertz CT molecular complexity index is 186. The molecule has 1 saturated heterocycles. The molecule has 3 nitrogen and oxygen atoms in total. The molecule has 0 saturated carbocycles. The fourth-order valence-corrected chi connectivity index (χ4v) is 2.19. The first-order valence-corrected chi connectivity index (χ1v) is 5.70. The highest BCUT2D eigenvalue weighted by Gasteiger charge is 2.16. The predicted octanol–water partition coefficient (Wildman–Crippen LogP) is 0.463. The maximum atomic E-state index is 11.7. The first kappa shape index (κ1) is 11.7. The summed E-state index contributed by atoms with van der Waals surface area (Å²) in [4.78, 5) is 11.1. The van der Waals surface area contributed by atoms with E-state index in [9.17, 15) is 13.6 Å². The lowest BCUT2D eigenvalue weighted by molar-refractivity contribution is -0.122. The standard InChI is InChI=1S/C8H14F2N2OS/c9-7(10)4-12-8(13)3-6-5-14-2-1-11-6/h6-7,11H,1-5H2,(H,12,13). The van der Waals surface area contributed by atoms with Crippen molar-refractivity contribution in [2.75, 3.05) is 24.6 Å². The van der Waals surface area contributed by atoms with Crippen LogP contribution < -0.4 is 10.6 Å². The lowest BCUT2D eigenvalue weighted by Crippen LogP contribution is -2.42. The van der Waals surface area contributed by atoms with Gasteiger partial charge >= 0.3 is 0 Å². The molecular formula is C8H14F2N2OS. The Kier molecular flexibility index (Phi) is 5.17. The van der Waals surface area contributed by atoms with Gasteiger partial charge in [-0.1, -0.05) is 0 Å². The van der Waals surface area contributed by atoms with Gasteiger partial charge in [0.25, 0.3) is 6.43 Å². The molecule has 0 radical (unpaired) electrons. The van der Waals surface area contributed by atoms with Crippen molar-refractivity contribution in [3.8, 4) is 0 Å². The van der Waals surface area contributed by atoms with Crippen LogP contribution in [-0.4, -0.2) is 43.0 Å². The molecule has 1 unspecified atom stereocenters. The van der Waals surface area contributed by atoms with Crippen molar-refractivity contribution in [2.45, 2.75) is 18.9 Å². The van der Waals surface area contributed by atoms with Gasteiger partial charge in [0.15, 0.2) is 0 Å². The number of hydrogen-bond acceptors (Lipinski definition) is 3. The smallest absolute Gasteiger partial charge is 0.255 e. The van der Waals surface area contributed by atoms with Crippen LogP contribution in [0.2, 0.25) is 0 Å². The zero-order chi connectivity index (χ0) is 10.4. The second kappa shape index (κ2) is 6.19.